The Balaban J connectivity index is 0.000000310. The summed E-state index contributed by atoms with van der Waals surface area (Å²) >= 11 is 0. The summed E-state index contributed by atoms with van der Waals surface area (Å²) in [4.78, 5) is 121. The van der Waals surface area contributed by atoms with E-state index in [0.29, 0.717) is 4.57 Å². The number of aliphatic hydroxyl groups is 3. The van der Waals surface area contributed by atoms with Crippen LogP contribution in [0.4, 0.5) is 0 Å². The maximum atomic E-state index is 11.9. The Morgan fingerprint density at radius 2 is 1.16 bits per heavy atom. The lowest BCUT2D eigenvalue weighted by Crippen LogP contribution is -2.37. The number of aromatic amines is 2. The summed E-state index contributed by atoms with van der Waals surface area (Å²) in [5.41, 5.74) is -3.01. The van der Waals surface area contributed by atoms with E-state index >= 15 is 0 Å². The summed E-state index contributed by atoms with van der Waals surface area (Å²) in [5.74, 6) is 0. The molecular formula is C19H32N4O29P6. The minimum atomic E-state index is -5.73. The third-order valence-electron chi connectivity index (χ3n) is 6.76. The number of H-pyrrole nitrogens is 2. The van der Waals surface area contributed by atoms with E-state index in [1.807, 2.05) is 9.97 Å². The van der Waals surface area contributed by atoms with Crippen molar-refractivity contribution in [2.24, 2.45) is 0 Å². The average Bonchev–Trinajstić information content (AvgIpc) is 3.51. The Bertz CT molecular complexity index is 2330. The molecule has 0 radical (unpaired) electrons. The van der Waals surface area contributed by atoms with Gasteiger partial charge in [-0.2, -0.15) is 17.2 Å². The topological polar surface area (TPSA) is 509 Å². The highest BCUT2D eigenvalue weighted by molar-refractivity contribution is 7.67. The zero-order valence-corrected chi connectivity index (χ0v) is 33.6. The van der Waals surface area contributed by atoms with Crippen molar-refractivity contribution in [2.45, 2.75) is 56.3 Å². The molecule has 39 heteroatoms. The molecule has 2 aliphatic rings. The van der Waals surface area contributed by atoms with E-state index in [-0.39, 0.29) is 12.0 Å². The second-order valence-corrected chi connectivity index (χ2v) is 20.1. The molecule has 2 aliphatic heterocycles. The standard InChI is InChI=1S/C10H17N2O14P3.C9H15N2O15P3/c1-5-3-12(10(15)11-9(5)14)8-2-6(13)7(24-8)4-23-28(19,20)26-29(21,22)25-27(16,17)18;12-5-1-2-11(9(15)10-5)8-7(14)6(13)4(24-8)3-23-28(19,20)26-29(21,22)25-27(16,17)18/h3,6-8,13H,2,4H2,1H3,(H,19,20)(H,21,22)(H,11,14,15)(H2,16,17,18);1-2,4,6-8,13-14H,3H2,(H,19,20)(H,21,22)(H,10,12,15)(H2,16,17,18)/t6-,7+,8+;4-,6-,7-,8-/m01/s1. The quantitative estimate of drug-likeness (QED) is 0.0721. The molecule has 0 saturated carbocycles. The van der Waals surface area contributed by atoms with Crippen LogP contribution in [0, 0.1) is 6.92 Å². The third-order valence-corrected chi connectivity index (χ3v) is 14.4. The lowest BCUT2D eigenvalue weighted by Gasteiger charge is -2.19. The first-order valence-corrected chi connectivity index (χ1v) is 23.8. The normalized spacial score (nSPS) is 28.0. The first kappa shape index (κ1) is 50.3. The van der Waals surface area contributed by atoms with Crippen LogP contribution in [0.25, 0.3) is 0 Å². The number of aliphatic hydroxyl groups excluding tert-OH is 3. The molecule has 0 aromatic carbocycles. The van der Waals surface area contributed by atoms with Crippen molar-refractivity contribution < 1.29 is 118 Å². The summed E-state index contributed by atoms with van der Waals surface area (Å²) in [6.07, 6.45) is -8.37. The number of nitrogens with one attached hydrogen (secondary N) is 2. The molecule has 11 atom stereocenters. The van der Waals surface area contributed by atoms with Gasteiger partial charge in [-0.1, -0.05) is 0 Å². The van der Waals surface area contributed by atoms with E-state index in [2.05, 4.69) is 26.3 Å². The first-order chi connectivity index (χ1) is 26.2. The molecule has 0 amide bonds. The predicted molar refractivity (Wildman–Crippen MR) is 177 cm³/mol. The van der Waals surface area contributed by atoms with Gasteiger partial charge in [0, 0.05) is 30.4 Å². The molecule has 0 bridgehead atoms. The SMILES string of the molecule is Cc1cn([C@H]2C[C@H](O)[C@@H](COP(=O)(O)OP(=O)(O)OP(=O)(O)O)O2)c(=O)[nH]c1=O.O=c1ccn([C@@H]2O[C@H](COP(=O)(O)OP(=O)(O)OP(=O)(O)O)[C@@H](O)[C@H]2O)c(=O)[nH]1. The van der Waals surface area contributed by atoms with Crippen molar-refractivity contribution in [1.29, 1.82) is 0 Å². The highest BCUT2D eigenvalue weighted by Crippen LogP contribution is 2.67. The minimum Gasteiger partial charge on any atom is -0.390 e. The van der Waals surface area contributed by atoms with Gasteiger partial charge in [-0.05, 0) is 6.92 Å². The van der Waals surface area contributed by atoms with Crippen LogP contribution in [0.5, 0.6) is 0 Å². The molecular weight excluding hydrogens is 934 g/mol. The zero-order chi connectivity index (χ0) is 44.4. The summed E-state index contributed by atoms with van der Waals surface area (Å²) in [6.45, 7) is -0.498. The van der Waals surface area contributed by atoms with Crippen molar-refractivity contribution in [3.05, 3.63) is 65.7 Å². The second kappa shape index (κ2) is 18.9. The van der Waals surface area contributed by atoms with Crippen molar-refractivity contribution in [3.8, 4) is 0 Å². The van der Waals surface area contributed by atoms with Crippen LogP contribution in [0.1, 0.15) is 24.4 Å². The molecule has 332 valence electrons. The lowest BCUT2D eigenvalue weighted by molar-refractivity contribution is -0.0542. The van der Waals surface area contributed by atoms with E-state index in [9.17, 15) is 71.7 Å². The molecule has 2 aromatic heterocycles. The van der Waals surface area contributed by atoms with Gasteiger partial charge in [0.05, 0.1) is 19.3 Å². The van der Waals surface area contributed by atoms with E-state index in [1.165, 1.54) is 13.1 Å². The number of hydrogen-bond donors (Lipinski definition) is 13. The van der Waals surface area contributed by atoms with Crippen LogP contribution >= 0.6 is 46.9 Å². The Morgan fingerprint density at radius 1 is 0.672 bits per heavy atom. The van der Waals surface area contributed by atoms with Gasteiger partial charge >= 0.3 is 58.3 Å². The zero-order valence-electron chi connectivity index (χ0n) is 28.2. The number of aryl methyl sites for hydroxylation is 1. The molecule has 33 nitrogen and oxygen atoms in total. The number of phosphoric ester groups is 2. The van der Waals surface area contributed by atoms with E-state index in [4.69, 9.17) is 38.8 Å². The summed E-state index contributed by atoms with van der Waals surface area (Å²) in [7, 11) is -33.3. The number of hydrogen-bond acceptors (Lipinski definition) is 21. The molecule has 4 unspecified atom stereocenters. The van der Waals surface area contributed by atoms with Gasteiger partial charge in [-0.15, -0.1) is 0 Å². The smallest absolute Gasteiger partial charge is 0.390 e. The van der Waals surface area contributed by atoms with Crippen LogP contribution in [-0.4, -0.2) is 117 Å². The van der Waals surface area contributed by atoms with Crippen LogP contribution in [0.15, 0.2) is 37.6 Å². The highest BCUT2D eigenvalue weighted by Gasteiger charge is 2.47. The average molecular weight is 966 g/mol. The van der Waals surface area contributed by atoms with Gasteiger partial charge in [0.1, 0.15) is 30.6 Å². The molecule has 0 aliphatic carbocycles. The summed E-state index contributed by atoms with van der Waals surface area (Å²) < 4.78 is 102. The van der Waals surface area contributed by atoms with E-state index < -0.39 is 126 Å². The molecule has 2 aromatic rings. The maximum absolute atomic E-state index is 11.9. The van der Waals surface area contributed by atoms with Crippen LogP contribution in [0.3, 0.4) is 0 Å². The Hall–Kier alpha value is -2.02. The van der Waals surface area contributed by atoms with E-state index in [0.717, 1.165) is 16.8 Å². The molecule has 58 heavy (non-hydrogen) atoms. The largest absolute Gasteiger partial charge is 0.490 e. The molecule has 2 saturated heterocycles. The van der Waals surface area contributed by atoms with E-state index in [1.54, 1.807) is 0 Å². The van der Waals surface area contributed by atoms with Crippen LogP contribution in [0.2, 0.25) is 0 Å². The fraction of sp³-hybridized carbons (Fsp3) is 0.579. The lowest BCUT2D eigenvalue weighted by atomic mass is 10.1. The number of rotatable bonds is 16. The fourth-order valence-electron chi connectivity index (χ4n) is 4.50. The Morgan fingerprint density at radius 3 is 1.64 bits per heavy atom. The maximum Gasteiger partial charge on any atom is 0.490 e. The molecule has 4 heterocycles. The van der Waals surface area contributed by atoms with Gasteiger partial charge in [0.2, 0.25) is 0 Å². The van der Waals surface area contributed by atoms with Crippen LogP contribution in [-0.2, 0) is 63.2 Å². The Labute approximate surface area is 318 Å². The monoisotopic (exact) mass is 966 g/mol. The van der Waals surface area contributed by atoms with Crippen molar-refractivity contribution >= 4 is 46.9 Å². The molecule has 13 N–H and O–H groups in total. The molecule has 4 rings (SSSR count). The van der Waals surface area contributed by atoms with Gasteiger partial charge in [0.25, 0.3) is 11.1 Å². The van der Waals surface area contributed by atoms with Gasteiger partial charge in [-0.3, -0.25) is 37.7 Å². The van der Waals surface area contributed by atoms with Crippen molar-refractivity contribution in [1.82, 2.24) is 19.1 Å². The minimum absolute atomic E-state index is 0.171. The molecule has 2 fully saturated rings. The number of phosphoric acid groups is 6. The number of nitrogens with zero attached hydrogens (tertiary/aromatic N) is 2. The Kier molecular flexibility index (Phi) is 16.4. The fourth-order valence-corrected chi connectivity index (χ4v) is 10.6. The number of ether oxygens (including phenoxy) is 2. The first-order valence-electron chi connectivity index (χ1n) is 14.7. The van der Waals surface area contributed by atoms with Gasteiger partial charge in [-0.25, -0.2) is 37.0 Å². The van der Waals surface area contributed by atoms with Gasteiger partial charge in [0.15, 0.2) is 6.23 Å². The van der Waals surface area contributed by atoms with Crippen molar-refractivity contribution in [3.63, 3.8) is 0 Å². The summed E-state index contributed by atoms with van der Waals surface area (Å²) in [5, 5.41) is 29.9. The number of aromatic nitrogens is 4. The molecule has 0 spiro atoms. The second-order valence-electron chi connectivity index (χ2n) is 11.2. The predicted octanol–water partition coefficient (Wildman–Crippen LogP) is -3.66. The van der Waals surface area contributed by atoms with Crippen LogP contribution < -0.4 is 22.5 Å². The van der Waals surface area contributed by atoms with Gasteiger partial charge < -0.3 is 63.9 Å². The highest BCUT2D eigenvalue weighted by atomic mass is 31.3. The van der Waals surface area contributed by atoms with Crippen molar-refractivity contribution in [2.75, 3.05) is 13.2 Å². The third kappa shape index (κ3) is 15.5. The summed E-state index contributed by atoms with van der Waals surface area (Å²) in [6, 6.07) is 0.920.